The minimum Gasteiger partial charge on any atom is -0.377 e. The Morgan fingerprint density at radius 2 is 1.67 bits per heavy atom. The van der Waals surface area contributed by atoms with Crippen LogP contribution in [0.5, 0.6) is 0 Å². The molecule has 0 fully saturated rings. The molecule has 0 aliphatic rings. The number of hydrogen-bond acceptors (Lipinski definition) is 3. The minimum atomic E-state index is -0.264. The maximum Gasteiger partial charge on any atom is 0.257 e. The van der Waals surface area contributed by atoms with E-state index >= 15 is 0 Å². The van der Waals surface area contributed by atoms with Crippen molar-refractivity contribution >= 4 is 34.8 Å². The first-order chi connectivity index (χ1) is 15.3. The van der Waals surface area contributed by atoms with Crippen molar-refractivity contribution in [1.82, 2.24) is 4.90 Å². The van der Waals surface area contributed by atoms with Crippen LogP contribution in [0, 0.1) is 11.3 Å². The number of hydrogen-bond donors (Lipinski definition) is 1. The average molecular weight is 472 g/mol. The molecule has 0 aliphatic carbocycles. The molecule has 0 spiro atoms. The van der Waals surface area contributed by atoms with Gasteiger partial charge in [-0.25, -0.2) is 0 Å². The number of carbonyl (C=O) groups excluding carboxylic acids is 2. The number of nitrogens with one attached hydrogen (secondary N) is 1. The summed E-state index contributed by atoms with van der Waals surface area (Å²) in [5.41, 5.74) is 2.98. The second kappa shape index (κ2) is 11.1. The second-order valence-corrected chi connectivity index (χ2v) is 10.8. The summed E-state index contributed by atoms with van der Waals surface area (Å²) in [5, 5.41) is 3.36. The van der Waals surface area contributed by atoms with Crippen molar-refractivity contribution in [3.63, 3.8) is 0 Å². The van der Waals surface area contributed by atoms with Crippen LogP contribution >= 0.6 is 11.6 Å². The molecule has 0 saturated heterocycles. The molecule has 1 atom stereocenters. The largest absolute Gasteiger partial charge is 0.377 e. The Balaban J connectivity index is 2.39. The first kappa shape index (κ1) is 26.7. The number of anilines is 2. The van der Waals surface area contributed by atoms with Crippen LogP contribution in [-0.2, 0) is 11.3 Å². The molecule has 1 N–H and O–H groups in total. The summed E-state index contributed by atoms with van der Waals surface area (Å²) in [4.78, 5) is 30.1. The number of rotatable bonds is 8. The van der Waals surface area contributed by atoms with Crippen molar-refractivity contribution in [1.29, 1.82) is 0 Å². The lowest BCUT2D eigenvalue weighted by Crippen LogP contribution is -2.42. The van der Waals surface area contributed by atoms with E-state index in [2.05, 4.69) is 46.9 Å². The molecule has 180 valence electrons. The molecule has 2 rings (SSSR count). The van der Waals surface area contributed by atoms with Gasteiger partial charge in [0.25, 0.3) is 5.91 Å². The fourth-order valence-electron chi connectivity index (χ4n) is 3.63. The molecule has 2 aromatic rings. The zero-order valence-corrected chi connectivity index (χ0v) is 22.0. The number of nitrogens with zero attached hydrogens (tertiary/aromatic N) is 2. The normalized spacial score (nSPS) is 12.4. The quantitative estimate of drug-likeness (QED) is 0.480. The Morgan fingerprint density at radius 1 is 1.03 bits per heavy atom. The zero-order chi connectivity index (χ0) is 24.9. The third kappa shape index (κ3) is 7.50. The van der Waals surface area contributed by atoms with Crippen molar-refractivity contribution in [3.05, 3.63) is 58.6 Å². The van der Waals surface area contributed by atoms with E-state index in [0.717, 1.165) is 11.3 Å². The Hall–Kier alpha value is -2.53. The minimum absolute atomic E-state index is 0.0798. The second-order valence-electron chi connectivity index (χ2n) is 10.4. The highest BCUT2D eigenvalue weighted by Gasteiger charge is 2.27. The van der Waals surface area contributed by atoms with Crippen LogP contribution in [-0.4, -0.2) is 36.9 Å². The van der Waals surface area contributed by atoms with E-state index in [4.69, 9.17) is 11.6 Å². The SMILES string of the molecule is CC(C)[C@@H](C)N(Cc1cc(NC(=O)c2ccccc2Cl)ccc1N(C)C)C(=O)CC(C)(C)C. The van der Waals surface area contributed by atoms with Crippen LogP contribution < -0.4 is 10.2 Å². The number of benzene rings is 2. The fraction of sp³-hybridized carbons (Fsp3) is 0.481. The van der Waals surface area contributed by atoms with Crippen molar-refractivity contribution in [3.8, 4) is 0 Å². The van der Waals surface area contributed by atoms with Gasteiger partial charge in [-0.1, -0.05) is 58.4 Å². The third-order valence-electron chi connectivity index (χ3n) is 5.74. The number of carbonyl (C=O) groups is 2. The molecule has 0 radical (unpaired) electrons. The average Bonchev–Trinajstić information content (AvgIpc) is 2.70. The molecule has 33 heavy (non-hydrogen) atoms. The van der Waals surface area contributed by atoms with Gasteiger partial charge in [-0.3, -0.25) is 9.59 Å². The maximum atomic E-state index is 13.3. The topological polar surface area (TPSA) is 52.7 Å². The Morgan fingerprint density at radius 3 is 2.21 bits per heavy atom. The summed E-state index contributed by atoms with van der Waals surface area (Å²) >= 11 is 6.19. The van der Waals surface area contributed by atoms with E-state index in [-0.39, 0.29) is 23.3 Å². The molecule has 0 aliphatic heterocycles. The Kier molecular flexibility index (Phi) is 8.96. The van der Waals surface area contributed by atoms with Gasteiger partial charge >= 0.3 is 0 Å². The van der Waals surface area contributed by atoms with E-state index in [9.17, 15) is 9.59 Å². The fourth-order valence-corrected chi connectivity index (χ4v) is 3.85. The molecule has 2 aromatic carbocycles. The zero-order valence-electron chi connectivity index (χ0n) is 21.2. The third-order valence-corrected chi connectivity index (χ3v) is 6.07. The lowest BCUT2D eigenvalue weighted by atomic mass is 9.90. The van der Waals surface area contributed by atoms with E-state index in [0.29, 0.717) is 35.2 Å². The maximum absolute atomic E-state index is 13.3. The number of halogens is 1. The molecule has 0 heterocycles. The summed E-state index contributed by atoms with van der Waals surface area (Å²) in [5.74, 6) is 0.194. The summed E-state index contributed by atoms with van der Waals surface area (Å²) in [7, 11) is 3.96. The lowest BCUT2D eigenvalue weighted by Gasteiger charge is -2.35. The monoisotopic (exact) mass is 471 g/mol. The van der Waals surface area contributed by atoms with Gasteiger partial charge in [0, 0.05) is 44.5 Å². The highest BCUT2D eigenvalue weighted by atomic mass is 35.5. The molecule has 0 bridgehead atoms. The predicted octanol–water partition coefficient (Wildman–Crippen LogP) is 6.47. The lowest BCUT2D eigenvalue weighted by molar-refractivity contribution is -0.136. The molecule has 0 saturated carbocycles. The summed E-state index contributed by atoms with van der Waals surface area (Å²) < 4.78 is 0. The molecule has 6 heteroatoms. The molecule has 5 nitrogen and oxygen atoms in total. The van der Waals surface area contributed by atoms with E-state index in [1.807, 2.05) is 42.1 Å². The van der Waals surface area contributed by atoms with Crippen LogP contribution in [0.1, 0.15) is 63.9 Å². The molecule has 0 aromatic heterocycles. The van der Waals surface area contributed by atoms with Gasteiger partial charge < -0.3 is 15.1 Å². The van der Waals surface area contributed by atoms with E-state index in [1.54, 1.807) is 24.3 Å². The number of amides is 2. The first-order valence-electron chi connectivity index (χ1n) is 11.5. The van der Waals surface area contributed by atoms with Gasteiger partial charge in [0.2, 0.25) is 5.91 Å². The Labute approximate surface area is 204 Å². The predicted molar refractivity (Wildman–Crippen MR) is 139 cm³/mol. The van der Waals surface area contributed by atoms with Gasteiger partial charge in [-0.05, 0) is 54.2 Å². The van der Waals surface area contributed by atoms with Crippen molar-refractivity contribution in [2.75, 3.05) is 24.3 Å². The van der Waals surface area contributed by atoms with Crippen LogP contribution in [0.25, 0.3) is 0 Å². The van der Waals surface area contributed by atoms with E-state index in [1.165, 1.54) is 0 Å². The van der Waals surface area contributed by atoms with Gasteiger partial charge in [-0.15, -0.1) is 0 Å². The van der Waals surface area contributed by atoms with Gasteiger partial charge in [0.1, 0.15) is 0 Å². The highest BCUT2D eigenvalue weighted by molar-refractivity contribution is 6.34. The van der Waals surface area contributed by atoms with Gasteiger partial charge in [0.05, 0.1) is 10.6 Å². The standard InChI is InChI=1S/C27H38ClN3O2/c1-18(2)19(3)31(25(32)16-27(4,5)6)17-20-15-21(13-14-24(20)30(7)8)29-26(33)22-11-9-10-12-23(22)28/h9-15,18-19H,16-17H2,1-8H3,(H,29,33)/t19-/m1/s1. The van der Waals surface area contributed by atoms with Crippen LogP contribution in [0.3, 0.4) is 0 Å². The van der Waals surface area contributed by atoms with Crippen molar-refractivity contribution in [2.24, 2.45) is 11.3 Å². The van der Waals surface area contributed by atoms with Crippen LogP contribution in [0.15, 0.2) is 42.5 Å². The van der Waals surface area contributed by atoms with Crippen LogP contribution in [0.4, 0.5) is 11.4 Å². The molecular weight excluding hydrogens is 434 g/mol. The molecule has 2 amide bonds. The van der Waals surface area contributed by atoms with Crippen molar-refractivity contribution in [2.45, 2.75) is 60.5 Å². The van der Waals surface area contributed by atoms with Gasteiger partial charge in [0.15, 0.2) is 0 Å². The summed E-state index contributed by atoms with van der Waals surface area (Å²) in [6.45, 7) is 13.1. The highest BCUT2D eigenvalue weighted by Crippen LogP contribution is 2.29. The van der Waals surface area contributed by atoms with Gasteiger partial charge in [-0.2, -0.15) is 0 Å². The smallest absolute Gasteiger partial charge is 0.257 e. The molecular formula is C27H38ClN3O2. The summed E-state index contributed by atoms with van der Waals surface area (Å²) in [6.07, 6.45) is 0.476. The Bertz CT molecular complexity index is 980. The van der Waals surface area contributed by atoms with Crippen molar-refractivity contribution < 1.29 is 9.59 Å². The molecule has 0 unspecified atom stereocenters. The van der Waals surface area contributed by atoms with Crippen LogP contribution in [0.2, 0.25) is 5.02 Å². The van der Waals surface area contributed by atoms with E-state index < -0.39 is 0 Å². The summed E-state index contributed by atoms with van der Waals surface area (Å²) in [6, 6.07) is 12.9. The first-order valence-corrected chi connectivity index (χ1v) is 11.8.